The zero-order valence-corrected chi connectivity index (χ0v) is 13.3. The first kappa shape index (κ1) is 16.1. The molecule has 18 heavy (non-hydrogen) atoms. The molecule has 1 heteroatoms. The Morgan fingerprint density at radius 1 is 1.22 bits per heavy atom. The minimum Gasteiger partial charge on any atom is -0.123 e. The van der Waals surface area contributed by atoms with Gasteiger partial charge in [0.25, 0.3) is 0 Å². The van der Waals surface area contributed by atoms with Crippen LogP contribution in [-0.4, -0.2) is 5.38 Å². The predicted octanol–water partition coefficient (Wildman–Crippen LogP) is 6.19. The van der Waals surface area contributed by atoms with Crippen LogP contribution in [-0.2, 0) is 0 Å². The highest BCUT2D eigenvalue weighted by Gasteiger charge is 2.37. The molecule has 1 aliphatic rings. The second-order valence-electron chi connectivity index (χ2n) is 6.92. The third-order valence-electron chi connectivity index (χ3n) is 4.77. The zero-order valence-electron chi connectivity index (χ0n) is 12.6. The van der Waals surface area contributed by atoms with Crippen molar-refractivity contribution in [3.05, 3.63) is 12.7 Å². The van der Waals surface area contributed by atoms with Crippen molar-refractivity contribution >= 4 is 11.6 Å². The van der Waals surface area contributed by atoms with Crippen LogP contribution in [0.2, 0.25) is 0 Å². The van der Waals surface area contributed by atoms with E-state index >= 15 is 0 Å². The minimum absolute atomic E-state index is 0.400. The summed E-state index contributed by atoms with van der Waals surface area (Å²) in [7, 11) is 0. The van der Waals surface area contributed by atoms with Crippen LogP contribution in [0.1, 0.15) is 72.1 Å². The van der Waals surface area contributed by atoms with Crippen molar-refractivity contribution in [1.29, 1.82) is 0 Å². The highest BCUT2D eigenvalue weighted by molar-refractivity contribution is 6.20. The van der Waals surface area contributed by atoms with Crippen LogP contribution >= 0.6 is 11.6 Å². The maximum atomic E-state index is 6.61. The molecule has 0 nitrogen and oxygen atoms in total. The number of allylic oxidation sites excluding steroid dienone is 1. The van der Waals surface area contributed by atoms with Crippen molar-refractivity contribution in [2.75, 3.05) is 0 Å². The summed E-state index contributed by atoms with van der Waals surface area (Å²) < 4.78 is 0. The molecule has 1 fully saturated rings. The van der Waals surface area contributed by atoms with Gasteiger partial charge in [-0.2, -0.15) is 0 Å². The van der Waals surface area contributed by atoms with Gasteiger partial charge in [0, 0.05) is 5.38 Å². The van der Waals surface area contributed by atoms with Crippen LogP contribution in [0.25, 0.3) is 0 Å². The van der Waals surface area contributed by atoms with Crippen molar-refractivity contribution < 1.29 is 0 Å². The van der Waals surface area contributed by atoms with Crippen molar-refractivity contribution in [2.45, 2.75) is 77.5 Å². The maximum Gasteiger partial charge on any atom is 0.0371 e. The van der Waals surface area contributed by atoms with E-state index in [1.54, 1.807) is 0 Å². The van der Waals surface area contributed by atoms with Crippen molar-refractivity contribution in [2.24, 2.45) is 17.3 Å². The van der Waals surface area contributed by atoms with Crippen molar-refractivity contribution in [3.63, 3.8) is 0 Å². The lowest BCUT2D eigenvalue weighted by molar-refractivity contribution is 0.128. The highest BCUT2D eigenvalue weighted by Crippen LogP contribution is 2.45. The van der Waals surface area contributed by atoms with Gasteiger partial charge in [0.05, 0.1) is 0 Å². The molecule has 3 unspecified atom stereocenters. The number of unbranched alkanes of at least 4 members (excludes halogenated alkanes) is 3. The summed E-state index contributed by atoms with van der Waals surface area (Å²) in [4.78, 5) is 0. The van der Waals surface area contributed by atoms with Crippen molar-refractivity contribution in [3.8, 4) is 0 Å². The van der Waals surface area contributed by atoms with E-state index < -0.39 is 0 Å². The number of rotatable bonds is 7. The molecule has 0 spiro atoms. The third kappa shape index (κ3) is 4.96. The SMILES string of the molecule is C=CCCCCCC(C)(C)C1CCC(C)CC1Cl. The van der Waals surface area contributed by atoms with Crippen LogP contribution in [0.4, 0.5) is 0 Å². The Morgan fingerprint density at radius 3 is 2.56 bits per heavy atom. The van der Waals surface area contributed by atoms with Crippen LogP contribution in [0, 0.1) is 17.3 Å². The zero-order chi connectivity index (χ0) is 13.6. The van der Waals surface area contributed by atoms with Gasteiger partial charge in [0.1, 0.15) is 0 Å². The molecular weight excluding hydrogens is 240 g/mol. The number of hydrogen-bond donors (Lipinski definition) is 0. The molecule has 1 rings (SSSR count). The average Bonchev–Trinajstić information content (AvgIpc) is 2.28. The Morgan fingerprint density at radius 2 is 1.94 bits per heavy atom. The Labute approximate surface area is 119 Å². The lowest BCUT2D eigenvalue weighted by atomic mass is 9.66. The quantitative estimate of drug-likeness (QED) is 0.294. The van der Waals surface area contributed by atoms with E-state index in [2.05, 4.69) is 27.4 Å². The molecule has 3 atom stereocenters. The summed E-state index contributed by atoms with van der Waals surface area (Å²) in [6.45, 7) is 11.0. The van der Waals surface area contributed by atoms with Crippen LogP contribution in [0.5, 0.6) is 0 Å². The Bertz CT molecular complexity index is 244. The van der Waals surface area contributed by atoms with Gasteiger partial charge in [0.2, 0.25) is 0 Å². The highest BCUT2D eigenvalue weighted by atomic mass is 35.5. The summed E-state index contributed by atoms with van der Waals surface area (Å²) >= 11 is 6.61. The molecule has 0 bridgehead atoms. The third-order valence-corrected chi connectivity index (χ3v) is 5.25. The first-order valence-electron chi connectivity index (χ1n) is 7.72. The summed E-state index contributed by atoms with van der Waals surface area (Å²) in [5.41, 5.74) is 0.417. The normalized spacial score (nSPS) is 29.2. The maximum absolute atomic E-state index is 6.61. The monoisotopic (exact) mass is 270 g/mol. The molecule has 0 N–H and O–H groups in total. The first-order chi connectivity index (χ1) is 8.47. The number of hydrogen-bond acceptors (Lipinski definition) is 0. The van der Waals surface area contributed by atoms with Crippen LogP contribution in [0.3, 0.4) is 0 Å². The minimum atomic E-state index is 0.400. The van der Waals surface area contributed by atoms with Gasteiger partial charge in [-0.25, -0.2) is 0 Å². The lowest BCUT2D eigenvalue weighted by Crippen LogP contribution is -2.35. The molecule has 0 aliphatic heterocycles. The topological polar surface area (TPSA) is 0 Å². The van der Waals surface area contributed by atoms with E-state index in [4.69, 9.17) is 11.6 Å². The molecule has 0 saturated heterocycles. The molecule has 1 saturated carbocycles. The Kier molecular flexibility index (Phi) is 6.77. The van der Waals surface area contributed by atoms with Gasteiger partial charge in [-0.3, -0.25) is 0 Å². The molecule has 0 aromatic rings. The number of alkyl halides is 1. The molecule has 1 aliphatic carbocycles. The summed E-state index contributed by atoms with van der Waals surface area (Å²) in [6.07, 6.45) is 12.4. The van der Waals surface area contributed by atoms with Gasteiger partial charge in [-0.05, 0) is 49.4 Å². The fraction of sp³-hybridized carbons (Fsp3) is 0.882. The summed E-state index contributed by atoms with van der Waals surface area (Å²) in [6, 6.07) is 0. The smallest absolute Gasteiger partial charge is 0.0371 e. The van der Waals surface area contributed by atoms with Gasteiger partial charge in [-0.1, -0.05) is 46.1 Å². The van der Waals surface area contributed by atoms with Crippen LogP contribution in [0.15, 0.2) is 12.7 Å². The largest absolute Gasteiger partial charge is 0.123 e. The van der Waals surface area contributed by atoms with E-state index in [0.29, 0.717) is 10.8 Å². The van der Waals surface area contributed by atoms with Gasteiger partial charge in [-0.15, -0.1) is 18.2 Å². The summed E-state index contributed by atoms with van der Waals surface area (Å²) in [5, 5.41) is 0.400. The van der Waals surface area contributed by atoms with E-state index in [9.17, 15) is 0 Å². The Balaban J connectivity index is 2.35. The molecule has 106 valence electrons. The average molecular weight is 271 g/mol. The fourth-order valence-corrected chi connectivity index (χ4v) is 4.19. The fourth-order valence-electron chi connectivity index (χ4n) is 3.42. The van der Waals surface area contributed by atoms with E-state index in [-0.39, 0.29) is 0 Å². The summed E-state index contributed by atoms with van der Waals surface area (Å²) in [5.74, 6) is 1.54. The molecule has 0 aromatic heterocycles. The van der Waals surface area contributed by atoms with Gasteiger partial charge < -0.3 is 0 Å². The van der Waals surface area contributed by atoms with E-state index in [1.807, 2.05) is 6.08 Å². The number of halogens is 1. The van der Waals surface area contributed by atoms with Gasteiger partial charge in [0.15, 0.2) is 0 Å². The van der Waals surface area contributed by atoms with E-state index in [0.717, 1.165) is 11.8 Å². The second kappa shape index (κ2) is 7.58. The van der Waals surface area contributed by atoms with Gasteiger partial charge >= 0.3 is 0 Å². The first-order valence-corrected chi connectivity index (χ1v) is 8.16. The molecule has 0 radical (unpaired) electrons. The lowest BCUT2D eigenvalue weighted by Gasteiger charge is -2.42. The van der Waals surface area contributed by atoms with E-state index in [1.165, 1.54) is 51.4 Å². The van der Waals surface area contributed by atoms with Crippen LogP contribution < -0.4 is 0 Å². The standard InChI is InChI=1S/C17H31Cl/c1-5-6-7-8-9-12-17(3,4)15-11-10-14(2)13-16(15)18/h5,14-16H,1,6-13H2,2-4H3. The molecule has 0 aromatic carbocycles. The second-order valence-corrected chi connectivity index (χ2v) is 7.48. The Hall–Kier alpha value is 0.0300. The van der Waals surface area contributed by atoms with Crippen molar-refractivity contribution in [1.82, 2.24) is 0 Å². The molecule has 0 heterocycles. The molecular formula is C17H31Cl. The predicted molar refractivity (Wildman–Crippen MR) is 83.2 cm³/mol. The molecule has 0 amide bonds.